The van der Waals surface area contributed by atoms with E-state index in [1.54, 1.807) is 36.4 Å². The van der Waals surface area contributed by atoms with Gasteiger partial charge in [0.05, 0.1) is 24.8 Å². The van der Waals surface area contributed by atoms with E-state index in [2.05, 4.69) is 17.1 Å². The molecule has 1 N–H and O–H groups in total. The third kappa shape index (κ3) is 7.11. The van der Waals surface area contributed by atoms with Crippen LogP contribution in [0.15, 0.2) is 70.6 Å². The number of anilines is 1. The van der Waals surface area contributed by atoms with Crippen molar-refractivity contribution in [1.82, 2.24) is 10.2 Å². The maximum atomic E-state index is 13.8. The number of ketones is 1. The Morgan fingerprint density at radius 2 is 1.81 bits per heavy atom. The molecule has 1 saturated heterocycles. The molecule has 4 aromatic rings. The highest BCUT2D eigenvalue weighted by atomic mass is 35.5. The minimum atomic E-state index is -1.04. The summed E-state index contributed by atoms with van der Waals surface area (Å²) in [5.74, 6) is 0.470. The maximum Gasteiger partial charge on any atom is 0.301 e. The minimum absolute atomic E-state index is 0.101. The summed E-state index contributed by atoms with van der Waals surface area (Å²) in [7, 11) is 0. The lowest BCUT2D eigenvalue weighted by molar-refractivity contribution is -0.132. The predicted octanol–water partition coefficient (Wildman–Crippen LogP) is 7.85. The summed E-state index contributed by atoms with van der Waals surface area (Å²) in [5.41, 5.74) is 1.66. The fourth-order valence-electron chi connectivity index (χ4n) is 5.42. The van der Waals surface area contributed by atoms with Crippen molar-refractivity contribution in [3.05, 3.63) is 87.9 Å². The van der Waals surface area contributed by atoms with Crippen molar-refractivity contribution in [3.8, 4) is 23.0 Å². The summed E-state index contributed by atoms with van der Waals surface area (Å²) < 4.78 is 23.9. The van der Waals surface area contributed by atoms with E-state index in [9.17, 15) is 14.7 Å². The van der Waals surface area contributed by atoms with Crippen molar-refractivity contribution in [3.63, 3.8) is 0 Å². The van der Waals surface area contributed by atoms with Crippen molar-refractivity contribution in [2.45, 2.75) is 49.2 Å². The van der Waals surface area contributed by atoms with Gasteiger partial charge in [0.1, 0.15) is 19.0 Å². The number of thioether (sulfide) groups is 1. The summed E-state index contributed by atoms with van der Waals surface area (Å²) in [6.45, 7) is 5.64. The van der Waals surface area contributed by atoms with Crippen LogP contribution in [-0.2, 0) is 15.3 Å². The number of halogens is 1. The number of amides is 1. The molecule has 0 spiro atoms. The number of carbonyl (C=O) groups excluding carboxylic acids is 2. The van der Waals surface area contributed by atoms with Crippen LogP contribution >= 0.6 is 34.7 Å². The number of aliphatic hydroxyl groups excluding tert-OH is 1. The zero-order valence-electron chi connectivity index (χ0n) is 26.4. The van der Waals surface area contributed by atoms with Crippen LogP contribution in [0.3, 0.4) is 0 Å². The molecule has 3 aromatic carbocycles. The van der Waals surface area contributed by atoms with Crippen molar-refractivity contribution < 1.29 is 33.6 Å². The number of benzene rings is 3. The van der Waals surface area contributed by atoms with Crippen LogP contribution in [0.5, 0.6) is 23.0 Å². The molecule has 0 saturated carbocycles. The van der Waals surface area contributed by atoms with Crippen LogP contribution in [0.25, 0.3) is 5.76 Å². The second-order valence-electron chi connectivity index (χ2n) is 11.0. The van der Waals surface area contributed by atoms with Gasteiger partial charge in [-0.15, -0.1) is 10.2 Å². The molecule has 0 unspecified atom stereocenters. The second kappa shape index (κ2) is 15.3. The molecular weight excluding hydrogens is 674 g/mol. The van der Waals surface area contributed by atoms with E-state index in [-0.39, 0.29) is 16.5 Å². The van der Waals surface area contributed by atoms with Gasteiger partial charge in [0.25, 0.3) is 5.78 Å². The standard InChI is InChI=1S/C35H34ClN3O7S2/c1-3-5-8-15-44-25-13-11-21(18-27(25)43-4-2)30-29(31(40)22-12-14-26-28(19-22)46-17-16-45-26)32(41)33(42)39(30)34-37-38-35(48-34)47-20-23-9-6-7-10-24(23)36/h6-7,9-14,18-19,30,40H,3-5,8,15-17,20H2,1-2H3/t30-/m1/s1. The third-order valence-corrected chi connectivity index (χ3v) is 10.2. The molecule has 250 valence electrons. The van der Waals surface area contributed by atoms with Gasteiger partial charge in [-0.2, -0.15) is 0 Å². The van der Waals surface area contributed by atoms with Crippen LogP contribution in [0.2, 0.25) is 5.02 Å². The van der Waals surface area contributed by atoms with Crippen LogP contribution < -0.4 is 23.8 Å². The number of nitrogens with zero attached hydrogens (tertiary/aromatic N) is 3. The van der Waals surface area contributed by atoms with Gasteiger partial charge in [0.15, 0.2) is 27.3 Å². The fraction of sp³-hybridized carbons (Fsp3) is 0.314. The van der Waals surface area contributed by atoms with E-state index >= 15 is 0 Å². The van der Waals surface area contributed by atoms with Gasteiger partial charge in [0.2, 0.25) is 5.13 Å². The highest BCUT2D eigenvalue weighted by molar-refractivity contribution is 8.00. The summed E-state index contributed by atoms with van der Waals surface area (Å²) in [6, 6.07) is 16.7. The third-order valence-electron chi connectivity index (χ3n) is 7.76. The van der Waals surface area contributed by atoms with Gasteiger partial charge in [-0.25, -0.2) is 0 Å². The first-order chi connectivity index (χ1) is 23.4. The zero-order valence-corrected chi connectivity index (χ0v) is 28.8. The molecular formula is C35H34ClN3O7S2. The number of fused-ring (bicyclic) bond motifs is 1. The number of aromatic nitrogens is 2. The lowest BCUT2D eigenvalue weighted by Gasteiger charge is -2.24. The first-order valence-electron chi connectivity index (χ1n) is 15.7. The Labute approximate surface area is 291 Å². The van der Waals surface area contributed by atoms with Crippen LogP contribution in [-0.4, -0.2) is 53.4 Å². The summed E-state index contributed by atoms with van der Waals surface area (Å²) in [5, 5.41) is 21.2. The second-order valence-corrected chi connectivity index (χ2v) is 13.5. The smallest absolute Gasteiger partial charge is 0.301 e. The quantitative estimate of drug-likeness (QED) is 0.0367. The Kier molecular flexibility index (Phi) is 10.7. The predicted molar refractivity (Wildman–Crippen MR) is 186 cm³/mol. The zero-order chi connectivity index (χ0) is 33.6. The monoisotopic (exact) mass is 707 g/mol. The average molecular weight is 708 g/mol. The first-order valence-corrected chi connectivity index (χ1v) is 17.9. The van der Waals surface area contributed by atoms with Gasteiger partial charge in [-0.1, -0.05) is 78.7 Å². The van der Waals surface area contributed by atoms with Gasteiger partial charge in [-0.05, 0) is 60.9 Å². The molecule has 1 fully saturated rings. The van der Waals surface area contributed by atoms with Gasteiger partial charge in [-0.3, -0.25) is 14.5 Å². The number of unbranched alkanes of at least 4 members (excludes halogenated alkanes) is 2. The van der Waals surface area contributed by atoms with Gasteiger partial charge in [0, 0.05) is 16.3 Å². The molecule has 0 aliphatic carbocycles. The maximum absolute atomic E-state index is 13.8. The molecule has 0 radical (unpaired) electrons. The number of rotatable bonds is 13. The summed E-state index contributed by atoms with van der Waals surface area (Å²) in [6.07, 6.45) is 3.00. The topological polar surface area (TPSA) is 120 Å². The van der Waals surface area contributed by atoms with Crippen LogP contribution in [0, 0.1) is 0 Å². The molecule has 0 bridgehead atoms. The van der Waals surface area contributed by atoms with Crippen molar-refractivity contribution in [1.29, 1.82) is 0 Å². The molecule has 2 aliphatic heterocycles. The van der Waals surface area contributed by atoms with Gasteiger partial charge >= 0.3 is 5.91 Å². The van der Waals surface area contributed by atoms with E-state index in [0.717, 1.165) is 24.8 Å². The molecule has 2 aliphatic rings. The lowest BCUT2D eigenvalue weighted by Crippen LogP contribution is -2.29. The highest BCUT2D eigenvalue weighted by Crippen LogP contribution is 2.46. The first kappa shape index (κ1) is 33.6. The van der Waals surface area contributed by atoms with Crippen molar-refractivity contribution >= 4 is 57.3 Å². The number of ether oxygens (including phenoxy) is 4. The molecule has 10 nitrogen and oxygen atoms in total. The summed E-state index contributed by atoms with van der Waals surface area (Å²) in [4.78, 5) is 28.9. The number of Topliss-reactive ketones (excluding diaryl/α,β-unsaturated/α-hetero) is 1. The number of hydrogen-bond donors (Lipinski definition) is 1. The number of hydrogen-bond acceptors (Lipinski definition) is 11. The Hall–Kier alpha value is -4.26. The van der Waals surface area contributed by atoms with Crippen molar-refractivity contribution in [2.75, 3.05) is 31.3 Å². The fourth-order valence-corrected chi connectivity index (χ4v) is 7.57. The summed E-state index contributed by atoms with van der Waals surface area (Å²) >= 11 is 8.94. The lowest BCUT2D eigenvalue weighted by atomic mass is 9.95. The van der Waals surface area contributed by atoms with Gasteiger partial charge < -0.3 is 24.1 Å². The molecule has 1 aromatic heterocycles. The molecule has 48 heavy (non-hydrogen) atoms. The van der Waals surface area contributed by atoms with E-state index in [1.807, 2.05) is 31.2 Å². The van der Waals surface area contributed by atoms with E-state index in [4.69, 9.17) is 30.5 Å². The van der Waals surface area contributed by atoms with Crippen LogP contribution in [0.1, 0.15) is 55.8 Å². The van der Waals surface area contributed by atoms with E-state index in [1.165, 1.54) is 28.0 Å². The largest absolute Gasteiger partial charge is 0.507 e. The molecule has 3 heterocycles. The van der Waals surface area contributed by atoms with E-state index in [0.29, 0.717) is 75.7 Å². The molecule has 1 atom stereocenters. The average Bonchev–Trinajstić information content (AvgIpc) is 3.67. The normalized spacial score (nSPS) is 16.7. The van der Waals surface area contributed by atoms with Crippen molar-refractivity contribution in [2.24, 2.45) is 0 Å². The molecule has 13 heteroatoms. The number of carbonyl (C=O) groups is 2. The molecule has 1 amide bonds. The number of aliphatic hydroxyl groups is 1. The Morgan fingerprint density at radius 3 is 2.60 bits per heavy atom. The van der Waals surface area contributed by atoms with Crippen LogP contribution in [0.4, 0.5) is 5.13 Å². The SMILES string of the molecule is CCCCCOc1ccc([C@@H]2C(=C(O)c3ccc4c(c3)OCCO4)C(=O)C(=O)N2c2nnc(SCc3ccccc3Cl)s2)cc1OCC. The Morgan fingerprint density at radius 1 is 1.00 bits per heavy atom. The molecule has 6 rings (SSSR count). The highest BCUT2D eigenvalue weighted by Gasteiger charge is 2.48. The van der Waals surface area contributed by atoms with E-state index < -0.39 is 17.7 Å². The Balaban J connectivity index is 1.40. The Bertz CT molecular complexity index is 1850. The minimum Gasteiger partial charge on any atom is -0.507 e.